The first-order valence-corrected chi connectivity index (χ1v) is 4.50. The highest BCUT2D eigenvalue weighted by Crippen LogP contribution is 2.29. The van der Waals surface area contributed by atoms with Crippen LogP contribution >= 0.6 is 15.9 Å². The van der Waals surface area contributed by atoms with Gasteiger partial charge in [-0.2, -0.15) is 4.99 Å². The van der Waals surface area contributed by atoms with E-state index in [0.717, 1.165) is 19.1 Å². The minimum Gasteiger partial charge on any atom is -0.212 e. The van der Waals surface area contributed by atoms with Crippen LogP contribution < -0.4 is 0 Å². The number of carbonyl (C=O) groups excluding carboxylic acids is 1. The molecule has 2 nitrogen and oxygen atoms in total. The molecule has 1 aromatic carbocycles. The Morgan fingerprint density at radius 2 is 2.21 bits per heavy atom. The number of isocyanates is 1. The molecule has 0 aliphatic rings. The van der Waals surface area contributed by atoms with Crippen LogP contribution in [0.4, 0.5) is 8.78 Å². The fourth-order valence-electron chi connectivity index (χ4n) is 0.930. The molecule has 1 aromatic rings. The Labute approximate surface area is 87.8 Å². The lowest BCUT2D eigenvalue weighted by Crippen LogP contribution is -2.11. The van der Waals surface area contributed by atoms with Crippen LogP contribution in [0.15, 0.2) is 27.7 Å². The van der Waals surface area contributed by atoms with Crippen molar-refractivity contribution in [1.82, 2.24) is 0 Å². The number of hydrogen-bond donors (Lipinski definition) is 0. The van der Waals surface area contributed by atoms with Crippen molar-refractivity contribution in [2.75, 3.05) is 0 Å². The van der Waals surface area contributed by atoms with Gasteiger partial charge >= 0.3 is 0 Å². The minimum atomic E-state index is -2.17. The van der Waals surface area contributed by atoms with E-state index in [2.05, 4.69) is 20.9 Å². The van der Waals surface area contributed by atoms with Crippen LogP contribution in [0.3, 0.4) is 0 Å². The standard InChI is InChI=1S/C9H6BrF2NO/c1-9(12,13-5-14)6-2-3-8(11)7(10)4-6/h2-4H,1H3. The first-order chi connectivity index (χ1) is 6.47. The largest absolute Gasteiger partial charge is 0.238 e. The number of alkyl halides is 1. The van der Waals surface area contributed by atoms with E-state index in [1.807, 2.05) is 0 Å². The second kappa shape index (κ2) is 3.98. The maximum Gasteiger partial charge on any atom is 0.238 e. The number of rotatable bonds is 2. The van der Waals surface area contributed by atoms with E-state index in [-0.39, 0.29) is 10.0 Å². The Bertz CT molecular complexity index is 400. The van der Waals surface area contributed by atoms with Gasteiger partial charge in [-0.15, -0.1) is 0 Å². The first kappa shape index (κ1) is 11.0. The molecule has 0 saturated heterocycles. The molecule has 1 rings (SSSR count). The highest BCUT2D eigenvalue weighted by molar-refractivity contribution is 9.10. The zero-order valence-electron chi connectivity index (χ0n) is 7.22. The van der Waals surface area contributed by atoms with Crippen molar-refractivity contribution in [1.29, 1.82) is 0 Å². The molecule has 0 radical (unpaired) electrons. The third kappa shape index (κ3) is 2.25. The van der Waals surface area contributed by atoms with Gasteiger partial charge in [0.2, 0.25) is 11.9 Å². The van der Waals surface area contributed by atoms with Crippen LogP contribution in [0, 0.1) is 5.82 Å². The molecule has 74 valence electrons. The van der Waals surface area contributed by atoms with Crippen LogP contribution in [-0.2, 0) is 10.6 Å². The minimum absolute atomic E-state index is 0.0918. The summed E-state index contributed by atoms with van der Waals surface area (Å²) >= 11 is 2.91. The smallest absolute Gasteiger partial charge is 0.212 e. The molecule has 0 bridgehead atoms. The van der Waals surface area contributed by atoms with E-state index < -0.39 is 11.6 Å². The first-order valence-electron chi connectivity index (χ1n) is 3.71. The van der Waals surface area contributed by atoms with Crippen LogP contribution in [0.5, 0.6) is 0 Å². The molecule has 0 heterocycles. The third-order valence-electron chi connectivity index (χ3n) is 1.70. The molecule has 14 heavy (non-hydrogen) atoms. The average Bonchev–Trinajstić information content (AvgIpc) is 2.09. The Hall–Kier alpha value is -1.06. The maximum absolute atomic E-state index is 13.6. The summed E-state index contributed by atoms with van der Waals surface area (Å²) in [6, 6.07) is 3.55. The summed E-state index contributed by atoms with van der Waals surface area (Å²) in [5.41, 5.74) is 0.0918. The second-order valence-electron chi connectivity index (χ2n) is 2.79. The fourth-order valence-corrected chi connectivity index (χ4v) is 1.31. The quantitative estimate of drug-likeness (QED) is 0.457. The van der Waals surface area contributed by atoms with Crippen molar-refractivity contribution in [3.8, 4) is 0 Å². The number of nitrogens with zero attached hydrogens (tertiary/aromatic N) is 1. The van der Waals surface area contributed by atoms with Crippen LogP contribution in [0.25, 0.3) is 0 Å². The summed E-state index contributed by atoms with van der Waals surface area (Å²) in [7, 11) is 0. The lowest BCUT2D eigenvalue weighted by molar-refractivity contribution is 0.205. The SMILES string of the molecule is CC(F)(N=C=O)c1ccc(F)c(Br)c1. The highest BCUT2D eigenvalue weighted by Gasteiger charge is 2.25. The van der Waals surface area contributed by atoms with Crippen molar-refractivity contribution in [2.24, 2.45) is 4.99 Å². The van der Waals surface area contributed by atoms with Crippen molar-refractivity contribution in [2.45, 2.75) is 12.7 Å². The number of hydrogen-bond acceptors (Lipinski definition) is 2. The van der Waals surface area contributed by atoms with Crippen molar-refractivity contribution in [3.63, 3.8) is 0 Å². The summed E-state index contributed by atoms with van der Waals surface area (Å²) in [5.74, 6) is -2.67. The molecular weight excluding hydrogens is 256 g/mol. The van der Waals surface area contributed by atoms with Crippen LogP contribution in [0.2, 0.25) is 0 Å². The molecule has 1 atom stereocenters. The molecule has 0 spiro atoms. The van der Waals surface area contributed by atoms with Crippen molar-refractivity contribution in [3.05, 3.63) is 34.1 Å². The fraction of sp³-hybridized carbons (Fsp3) is 0.222. The lowest BCUT2D eigenvalue weighted by atomic mass is 10.1. The molecule has 5 heteroatoms. The predicted octanol–water partition coefficient (Wildman–Crippen LogP) is 3.07. The number of aliphatic imine (C=N–C) groups is 1. The van der Waals surface area contributed by atoms with E-state index in [1.54, 1.807) is 0 Å². The van der Waals surface area contributed by atoms with E-state index >= 15 is 0 Å². The molecule has 0 aromatic heterocycles. The molecule has 0 amide bonds. The normalized spacial score (nSPS) is 14.3. The summed E-state index contributed by atoms with van der Waals surface area (Å²) in [4.78, 5) is 12.9. The van der Waals surface area contributed by atoms with E-state index in [9.17, 15) is 13.6 Å². The topological polar surface area (TPSA) is 29.4 Å². The molecule has 0 aliphatic heterocycles. The molecule has 0 saturated carbocycles. The van der Waals surface area contributed by atoms with Crippen LogP contribution in [0.1, 0.15) is 12.5 Å². The van der Waals surface area contributed by atoms with Gasteiger partial charge in [-0.25, -0.2) is 13.6 Å². The molecular formula is C9H6BrF2NO. The van der Waals surface area contributed by atoms with Gasteiger partial charge in [0.05, 0.1) is 4.47 Å². The molecule has 0 aliphatic carbocycles. The average molecular weight is 262 g/mol. The highest BCUT2D eigenvalue weighted by atomic mass is 79.9. The third-order valence-corrected chi connectivity index (χ3v) is 2.31. The van der Waals surface area contributed by atoms with E-state index in [0.29, 0.717) is 0 Å². The summed E-state index contributed by atoms with van der Waals surface area (Å²) in [6.07, 6.45) is 1.13. The zero-order valence-corrected chi connectivity index (χ0v) is 8.81. The molecule has 0 fully saturated rings. The number of halogens is 3. The van der Waals surface area contributed by atoms with E-state index in [1.165, 1.54) is 12.1 Å². The summed E-state index contributed by atoms with van der Waals surface area (Å²) in [5, 5.41) is 0. The lowest BCUT2D eigenvalue weighted by Gasteiger charge is -2.13. The monoisotopic (exact) mass is 261 g/mol. The van der Waals surface area contributed by atoms with Gasteiger partial charge in [0.25, 0.3) is 0 Å². The Morgan fingerprint density at radius 1 is 1.57 bits per heavy atom. The summed E-state index contributed by atoms with van der Waals surface area (Å²) in [6.45, 7) is 1.09. The number of benzene rings is 1. The van der Waals surface area contributed by atoms with Gasteiger partial charge in [-0.05, 0) is 35.0 Å². The second-order valence-corrected chi connectivity index (χ2v) is 3.64. The Morgan fingerprint density at radius 3 is 2.71 bits per heavy atom. The molecule has 1 unspecified atom stereocenters. The van der Waals surface area contributed by atoms with Gasteiger partial charge in [0.15, 0.2) is 0 Å². The van der Waals surface area contributed by atoms with Gasteiger partial charge in [-0.3, -0.25) is 0 Å². The van der Waals surface area contributed by atoms with Gasteiger partial charge < -0.3 is 0 Å². The molecule has 0 N–H and O–H groups in total. The Kier molecular flexibility index (Phi) is 3.13. The van der Waals surface area contributed by atoms with Gasteiger partial charge in [0.1, 0.15) is 5.82 Å². The van der Waals surface area contributed by atoms with E-state index in [4.69, 9.17) is 0 Å². The summed E-state index contributed by atoms with van der Waals surface area (Å²) < 4.78 is 26.5. The van der Waals surface area contributed by atoms with Crippen molar-refractivity contribution < 1.29 is 13.6 Å². The maximum atomic E-state index is 13.6. The van der Waals surface area contributed by atoms with Gasteiger partial charge in [-0.1, -0.05) is 6.07 Å². The Balaban J connectivity index is 3.20. The van der Waals surface area contributed by atoms with Crippen molar-refractivity contribution >= 4 is 22.0 Å². The van der Waals surface area contributed by atoms with Crippen LogP contribution in [-0.4, -0.2) is 6.08 Å². The predicted molar refractivity (Wildman–Crippen MR) is 50.7 cm³/mol. The zero-order chi connectivity index (χ0) is 10.8. The van der Waals surface area contributed by atoms with Gasteiger partial charge in [0, 0.05) is 5.56 Å².